The number of nitriles is 1. The van der Waals surface area contributed by atoms with Crippen LogP contribution in [0.4, 0.5) is 13.2 Å². The second kappa shape index (κ2) is 8.82. The summed E-state index contributed by atoms with van der Waals surface area (Å²) in [5.41, 5.74) is 5.02. The van der Waals surface area contributed by atoms with Crippen molar-refractivity contribution in [1.29, 1.82) is 5.26 Å². The van der Waals surface area contributed by atoms with Crippen LogP contribution in [0, 0.1) is 23.2 Å². The number of alkyl halides is 2. The number of nitrogens with zero attached hydrogens (tertiary/aromatic N) is 5. The van der Waals surface area contributed by atoms with Gasteiger partial charge in [-0.25, -0.2) is 0 Å². The number of pyridine rings is 1. The van der Waals surface area contributed by atoms with E-state index in [-0.39, 0.29) is 17.9 Å². The third-order valence-electron chi connectivity index (χ3n) is 6.31. The van der Waals surface area contributed by atoms with E-state index in [0.717, 1.165) is 0 Å². The van der Waals surface area contributed by atoms with Crippen molar-refractivity contribution in [2.24, 2.45) is 11.7 Å². The van der Waals surface area contributed by atoms with Crippen molar-refractivity contribution in [3.63, 3.8) is 0 Å². The molecule has 1 aliphatic carbocycles. The van der Waals surface area contributed by atoms with Gasteiger partial charge in [-0.1, -0.05) is 0 Å². The first kappa shape index (κ1) is 23.3. The fraction of sp³-hybridized carbons (Fsp3) is 0.476. The summed E-state index contributed by atoms with van der Waals surface area (Å²) < 4.78 is 42.6. The molecule has 2 fully saturated rings. The average molecular weight is 522 g/mol. The molecule has 3 heterocycles. The van der Waals surface area contributed by atoms with E-state index in [1.165, 1.54) is 18.5 Å². The molecule has 2 aliphatic rings. The van der Waals surface area contributed by atoms with Crippen LogP contribution in [0.1, 0.15) is 42.5 Å². The Morgan fingerprint density at radius 1 is 1.30 bits per heavy atom. The first-order chi connectivity index (χ1) is 15.6. The summed E-state index contributed by atoms with van der Waals surface area (Å²) in [5.74, 6) is -5.00. The van der Waals surface area contributed by atoms with Gasteiger partial charge < -0.3 is 0 Å². The molecule has 1 aliphatic heterocycles. The van der Waals surface area contributed by atoms with Gasteiger partial charge in [-0.05, 0) is 0 Å². The number of hydrogen-bond donors (Lipinski definition) is 1. The van der Waals surface area contributed by atoms with E-state index >= 15 is 0 Å². The molecular weight excluding hydrogens is 500 g/mol. The van der Waals surface area contributed by atoms with E-state index in [0.29, 0.717) is 34.8 Å². The molecule has 1 saturated heterocycles. The molecule has 2 aromatic rings. The van der Waals surface area contributed by atoms with Crippen LogP contribution in [0.2, 0.25) is 0 Å². The van der Waals surface area contributed by atoms with Gasteiger partial charge >= 0.3 is 194 Å². The van der Waals surface area contributed by atoms with Crippen molar-refractivity contribution in [1.82, 2.24) is 19.7 Å². The zero-order valence-electron chi connectivity index (χ0n) is 17.6. The van der Waals surface area contributed by atoms with Crippen LogP contribution in [0.25, 0.3) is 0 Å². The maximum atomic E-state index is 13.5. The van der Waals surface area contributed by atoms with Gasteiger partial charge in [-0.15, -0.1) is 0 Å². The monoisotopic (exact) mass is 522 g/mol. The Bertz CT molecular complexity index is 1120. The SMILES string of the molecule is N#CCC1(n2cc(C(N)=O)c([AsH]c3ccnc(F)c3)n2)CCN(C(=O)C2CC(F)(F)C2)CC1. The Hall–Kier alpha value is -2.86. The van der Waals surface area contributed by atoms with Gasteiger partial charge in [0.2, 0.25) is 0 Å². The van der Waals surface area contributed by atoms with E-state index in [2.05, 4.69) is 16.2 Å². The summed E-state index contributed by atoms with van der Waals surface area (Å²) >= 11 is -1.20. The molecule has 0 bridgehead atoms. The molecule has 2 amide bonds. The van der Waals surface area contributed by atoms with E-state index in [9.17, 15) is 28.0 Å². The molecule has 1 unspecified atom stereocenters. The van der Waals surface area contributed by atoms with E-state index in [1.54, 1.807) is 15.6 Å². The van der Waals surface area contributed by atoms with Gasteiger partial charge in [-0.2, -0.15) is 0 Å². The molecule has 1 saturated carbocycles. The molecule has 8 nitrogen and oxygen atoms in total. The summed E-state index contributed by atoms with van der Waals surface area (Å²) in [6, 6.07) is 5.12. The summed E-state index contributed by atoms with van der Waals surface area (Å²) in [5, 5.41) is 14.1. The Morgan fingerprint density at radius 3 is 2.58 bits per heavy atom. The molecular formula is C21H22AsF3N6O2. The van der Waals surface area contributed by atoms with Crippen molar-refractivity contribution in [2.75, 3.05) is 13.1 Å². The first-order valence-electron chi connectivity index (χ1n) is 10.4. The number of rotatable bonds is 6. The fourth-order valence-electron chi connectivity index (χ4n) is 4.38. The molecule has 2 aromatic heterocycles. The zero-order valence-corrected chi connectivity index (χ0v) is 19.7. The van der Waals surface area contributed by atoms with E-state index in [4.69, 9.17) is 5.73 Å². The van der Waals surface area contributed by atoms with Crippen molar-refractivity contribution in [2.45, 2.75) is 43.6 Å². The molecule has 0 radical (unpaired) electrons. The van der Waals surface area contributed by atoms with Crippen LogP contribution >= 0.6 is 0 Å². The number of halogens is 3. The van der Waals surface area contributed by atoms with Crippen molar-refractivity contribution in [3.05, 3.63) is 36.0 Å². The van der Waals surface area contributed by atoms with Gasteiger partial charge in [0.05, 0.1) is 0 Å². The third kappa shape index (κ3) is 4.76. The summed E-state index contributed by atoms with van der Waals surface area (Å²) in [6.07, 6.45) is 2.90. The predicted molar refractivity (Wildman–Crippen MR) is 113 cm³/mol. The van der Waals surface area contributed by atoms with Crippen LogP contribution in [0.3, 0.4) is 0 Å². The zero-order chi connectivity index (χ0) is 23.8. The van der Waals surface area contributed by atoms with Crippen molar-refractivity contribution in [3.8, 4) is 6.07 Å². The molecule has 0 aromatic carbocycles. The number of carbonyl (C=O) groups excluding carboxylic acids is 2. The van der Waals surface area contributed by atoms with Gasteiger partial charge in [-0.3, -0.25) is 0 Å². The summed E-state index contributed by atoms with van der Waals surface area (Å²) in [4.78, 5) is 29.7. The van der Waals surface area contributed by atoms with Crippen LogP contribution in [-0.2, 0) is 10.3 Å². The molecule has 4 rings (SSSR count). The Labute approximate surface area is 194 Å². The molecule has 0 spiro atoms. The Kier molecular flexibility index (Phi) is 6.23. The number of likely N-dealkylation sites (tertiary alicyclic amines) is 1. The molecule has 12 heteroatoms. The second-order valence-corrected chi connectivity index (χ2v) is 11.3. The van der Waals surface area contributed by atoms with Gasteiger partial charge in [0, 0.05) is 0 Å². The second-order valence-electron chi connectivity index (χ2n) is 8.54. The number of amides is 2. The van der Waals surface area contributed by atoms with Gasteiger partial charge in [0.1, 0.15) is 0 Å². The Balaban J connectivity index is 1.55. The normalized spacial score (nSPS) is 19.9. The summed E-state index contributed by atoms with van der Waals surface area (Å²) in [7, 11) is 0. The van der Waals surface area contributed by atoms with Crippen LogP contribution < -0.4 is 14.6 Å². The minimum absolute atomic E-state index is 0.0970. The standard InChI is InChI=1S/C21H22AsF3N6O2/c23-16-9-14(1-6-28-16)22-17-15(18(27)32)12-31(29-17)20(2-5-26)3-7-30(8-4-20)19(33)13-10-21(24,25)11-13/h1,6,9,12-13,22H,2-4,7-8,10-11H2,(H2,27,32). The van der Waals surface area contributed by atoms with E-state index < -0.39 is 57.8 Å². The van der Waals surface area contributed by atoms with Gasteiger partial charge in [0.15, 0.2) is 0 Å². The number of aromatic nitrogens is 3. The fourth-order valence-corrected chi connectivity index (χ4v) is 6.69. The maximum absolute atomic E-state index is 13.5. The van der Waals surface area contributed by atoms with Crippen LogP contribution in [0.15, 0.2) is 24.5 Å². The van der Waals surface area contributed by atoms with Crippen molar-refractivity contribution >= 4 is 36.4 Å². The van der Waals surface area contributed by atoms with Crippen LogP contribution in [0.5, 0.6) is 0 Å². The predicted octanol–water partition coefficient (Wildman–Crippen LogP) is 0.180. The Morgan fingerprint density at radius 2 is 2.00 bits per heavy atom. The van der Waals surface area contributed by atoms with Gasteiger partial charge in [0.25, 0.3) is 0 Å². The number of carbonyl (C=O) groups is 2. The third-order valence-corrected chi connectivity index (χ3v) is 8.84. The first-order valence-corrected chi connectivity index (χ1v) is 12.5. The number of nitrogens with two attached hydrogens (primary N) is 1. The minimum atomic E-state index is -2.77. The molecule has 33 heavy (non-hydrogen) atoms. The molecule has 1 atom stereocenters. The number of piperidine rings is 1. The number of primary amides is 1. The topological polar surface area (TPSA) is 118 Å². The summed E-state index contributed by atoms with van der Waals surface area (Å²) in [6.45, 7) is 0.602. The van der Waals surface area contributed by atoms with Crippen LogP contribution in [-0.4, -0.2) is 66.2 Å². The molecule has 174 valence electrons. The quantitative estimate of drug-likeness (QED) is 0.429. The number of hydrogen-bond acceptors (Lipinski definition) is 5. The van der Waals surface area contributed by atoms with Crippen molar-refractivity contribution < 1.29 is 22.8 Å². The average Bonchev–Trinajstić information content (AvgIpc) is 3.17. The van der Waals surface area contributed by atoms with E-state index in [1.807, 2.05) is 0 Å². The molecule has 2 N–H and O–H groups in total.